The van der Waals surface area contributed by atoms with Gasteiger partial charge in [-0.25, -0.2) is 0 Å². The molecule has 0 aliphatic carbocycles. The molecule has 5 heteroatoms. The van der Waals surface area contributed by atoms with Gasteiger partial charge in [-0.1, -0.05) is 41.9 Å². The van der Waals surface area contributed by atoms with Crippen LogP contribution in [-0.2, 0) is 9.31 Å². The summed E-state index contributed by atoms with van der Waals surface area (Å²) in [5.74, 6) is 0.767. The molecule has 1 aliphatic rings. The lowest BCUT2D eigenvalue weighted by atomic mass is 9.77. The summed E-state index contributed by atoms with van der Waals surface area (Å²) in [5.41, 5.74) is 2.05. The van der Waals surface area contributed by atoms with Gasteiger partial charge in [-0.3, -0.25) is 0 Å². The SMILES string of the molecule is COc1ccc(B2OC(C)(C)C(C)(C)O2)cc1-c1ccccc1Cl. The number of halogens is 1. The molecule has 0 bridgehead atoms. The van der Waals surface area contributed by atoms with Crippen molar-refractivity contribution < 1.29 is 14.0 Å². The van der Waals surface area contributed by atoms with E-state index in [-0.39, 0.29) is 11.2 Å². The van der Waals surface area contributed by atoms with E-state index in [0.29, 0.717) is 5.02 Å². The molecule has 126 valence electrons. The van der Waals surface area contributed by atoms with E-state index < -0.39 is 7.12 Å². The summed E-state index contributed by atoms with van der Waals surface area (Å²) in [4.78, 5) is 0. The lowest BCUT2D eigenvalue weighted by Crippen LogP contribution is -2.41. The fourth-order valence-corrected chi connectivity index (χ4v) is 2.98. The Balaban J connectivity index is 2.04. The number of rotatable bonds is 3. The van der Waals surface area contributed by atoms with Crippen LogP contribution in [0.1, 0.15) is 27.7 Å². The molecule has 1 fully saturated rings. The van der Waals surface area contributed by atoms with Gasteiger partial charge < -0.3 is 14.0 Å². The monoisotopic (exact) mass is 344 g/mol. The summed E-state index contributed by atoms with van der Waals surface area (Å²) in [6.45, 7) is 8.19. The highest BCUT2D eigenvalue weighted by Gasteiger charge is 2.51. The van der Waals surface area contributed by atoms with E-state index in [1.165, 1.54) is 0 Å². The number of hydrogen-bond acceptors (Lipinski definition) is 3. The Hall–Kier alpha value is -1.49. The van der Waals surface area contributed by atoms with Crippen LogP contribution < -0.4 is 10.2 Å². The Labute approximate surface area is 149 Å². The van der Waals surface area contributed by atoms with Crippen LogP contribution in [-0.4, -0.2) is 25.4 Å². The van der Waals surface area contributed by atoms with Gasteiger partial charge in [-0.05, 0) is 45.3 Å². The molecule has 3 nitrogen and oxygen atoms in total. The second-order valence-corrected chi connectivity index (χ2v) is 7.44. The normalized spacial score (nSPS) is 18.7. The van der Waals surface area contributed by atoms with Gasteiger partial charge in [0.05, 0.1) is 18.3 Å². The first-order valence-corrected chi connectivity index (χ1v) is 8.41. The Kier molecular flexibility index (Phi) is 4.41. The van der Waals surface area contributed by atoms with Crippen molar-refractivity contribution in [2.45, 2.75) is 38.9 Å². The first-order chi connectivity index (χ1) is 11.2. The second kappa shape index (κ2) is 6.10. The predicted octanol–water partition coefficient (Wildman–Crippen LogP) is 4.31. The highest BCUT2D eigenvalue weighted by atomic mass is 35.5. The third-order valence-corrected chi connectivity index (χ3v) is 5.24. The van der Waals surface area contributed by atoms with E-state index in [2.05, 4.69) is 0 Å². The lowest BCUT2D eigenvalue weighted by molar-refractivity contribution is 0.00578. The standard InChI is InChI=1S/C19H22BClO3/c1-18(2)19(3,4)24-20(23-18)13-10-11-17(22-5)15(12-13)14-8-6-7-9-16(14)21/h6-12H,1-5H3. The smallest absolute Gasteiger partial charge is 0.494 e. The molecule has 0 amide bonds. The molecule has 1 saturated heterocycles. The Morgan fingerprint density at radius 2 is 1.54 bits per heavy atom. The summed E-state index contributed by atoms with van der Waals surface area (Å²) in [5, 5.41) is 0.682. The lowest BCUT2D eigenvalue weighted by Gasteiger charge is -2.32. The van der Waals surface area contributed by atoms with Gasteiger partial charge in [-0.15, -0.1) is 0 Å². The zero-order valence-corrected chi connectivity index (χ0v) is 15.5. The quantitative estimate of drug-likeness (QED) is 0.776. The number of ether oxygens (including phenoxy) is 1. The predicted molar refractivity (Wildman–Crippen MR) is 99.2 cm³/mol. The van der Waals surface area contributed by atoms with E-state index in [0.717, 1.165) is 22.3 Å². The Morgan fingerprint density at radius 1 is 0.917 bits per heavy atom. The molecule has 0 radical (unpaired) electrons. The number of hydrogen-bond donors (Lipinski definition) is 0. The largest absolute Gasteiger partial charge is 0.496 e. The molecule has 0 aromatic heterocycles. The average Bonchev–Trinajstić information content (AvgIpc) is 2.75. The molecule has 0 N–H and O–H groups in total. The zero-order chi connectivity index (χ0) is 17.5. The molecular formula is C19H22BClO3. The fourth-order valence-electron chi connectivity index (χ4n) is 2.74. The molecule has 2 aromatic rings. The van der Waals surface area contributed by atoms with Gasteiger partial charge in [0, 0.05) is 16.1 Å². The minimum Gasteiger partial charge on any atom is -0.496 e. The third kappa shape index (κ3) is 2.94. The van der Waals surface area contributed by atoms with Crippen molar-refractivity contribution in [1.29, 1.82) is 0 Å². The van der Waals surface area contributed by atoms with Crippen molar-refractivity contribution in [2.24, 2.45) is 0 Å². The average molecular weight is 345 g/mol. The van der Waals surface area contributed by atoms with Crippen molar-refractivity contribution >= 4 is 24.2 Å². The molecule has 0 spiro atoms. The summed E-state index contributed by atoms with van der Waals surface area (Å²) < 4.78 is 17.8. The number of methoxy groups -OCH3 is 1. The van der Waals surface area contributed by atoms with E-state index in [1.807, 2.05) is 70.2 Å². The maximum atomic E-state index is 6.37. The van der Waals surface area contributed by atoms with Crippen LogP contribution in [0.15, 0.2) is 42.5 Å². The third-order valence-electron chi connectivity index (χ3n) is 4.91. The van der Waals surface area contributed by atoms with Gasteiger partial charge in [-0.2, -0.15) is 0 Å². The summed E-state index contributed by atoms with van der Waals surface area (Å²) in [6.07, 6.45) is 0. The molecule has 0 unspecified atom stereocenters. The van der Waals surface area contributed by atoms with Gasteiger partial charge in [0.15, 0.2) is 0 Å². The topological polar surface area (TPSA) is 27.7 Å². The van der Waals surface area contributed by atoms with Crippen molar-refractivity contribution in [2.75, 3.05) is 7.11 Å². The van der Waals surface area contributed by atoms with Crippen LogP contribution in [0.2, 0.25) is 5.02 Å². The maximum absolute atomic E-state index is 6.37. The molecule has 2 aromatic carbocycles. The first-order valence-electron chi connectivity index (χ1n) is 8.04. The summed E-state index contributed by atoms with van der Waals surface area (Å²) in [7, 11) is 1.24. The highest BCUT2D eigenvalue weighted by molar-refractivity contribution is 6.62. The molecule has 1 heterocycles. The van der Waals surface area contributed by atoms with E-state index >= 15 is 0 Å². The van der Waals surface area contributed by atoms with Crippen LogP contribution in [0.3, 0.4) is 0 Å². The molecule has 3 rings (SSSR count). The van der Waals surface area contributed by atoms with Crippen LogP contribution in [0.25, 0.3) is 11.1 Å². The minimum atomic E-state index is -0.415. The van der Waals surface area contributed by atoms with Crippen LogP contribution in [0.4, 0.5) is 0 Å². The fraction of sp³-hybridized carbons (Fsp3) is 0.368. The van der Waals surface area contributed by atoms with E-state index in [4.69, 9.17) is 25.6 Å². The van der Waals surface area contributed by atoms with Gasteiger partial charge in [0.2, 0.25) is 0 Å². The molecule has 24 heavy (non-hydrogen) atoms. The molecule has 1 aliphatic heterocycles. The summed E-state index contributed by atoms with van der Waals surface area (Å²) >= 11 is 6.37. The van der Waals surface area contributed by atoms with Crippen molar-refractivity contribution in [3.63, 3.8) is 0 Å². The van der Waals surface area contributed by atoms with Gasteiger partial charge >= 0.3 is 7.12 Å². The van der Waals surface area contributed by atoms with E-state index in [9.17, 15) is 0 Å². The van der Waals surface area contributed by atoms with E-state index in [1.54, 1.807) is 7.11 Å². The van der Waals surface area contributed by atoms with Crippen LogP contribution in [0.5, 0.6) is 5.75 Å². The maximum Gasteiger partial charge on any atom is 0.494 e. The van der Waals surface area contributed by atoms with Crippen molar-refractivity contribution in [1.82, 2.24) is 0 Å². The first kappa shape index (κ1) is 17.3. The van der Waals surface area contributed by atoms with Crippen molar-refractivity contribution in [3.8, 4) is 16.9 Å². The second-order valence-electron chi connectivity index (χ2n) is 7.03. The minimum absolute atomic E-state index is 0.373. The highest BCUT2D eigenvalue weighted by Crippen LogP contribution is 2.38. The summed E-state index contributed by atoms with van der Waals surface area (Å²) in [6, 6.07) is 13.7. The van der Waals surface area contributed by atoms with Crippen LogP contribution >= 0.6 is 11.6 Å². The Bertz CT molecular complexity index is 742. The molecular weight excluding hydrogens is 322 g/mol. The Morgan fingerprint density at radius 3 is 2.12 bits per heavy atom. The molecule has 0 atom stereocenters. The number of benzene rings is 2. The van der Waals surface area contributed by atoms with Gasteiger partial charge in [0.25, 0.3) is 0 Å². The van der Waals surface area contributed by atoms with Crippen molar-refractivity contribution in [3.05, 3.63) is 47.5 Å². The zero-order valence-electron chi connectivity index (χ0n) is 14.7. The van der Waals surface area contributed by atoms with Crippen LogP contribution in [0, 0.1) is 0 Å². The van der Waals surface area contributed by atoms with Gasteiger partial charge in [0.1, 0.15) is 5.75 Å². The molecule has 0 saturated carbocycles.